The Hall–Kier alpha value is -1.93. The molecule has 2 aromatic carbocycles. The summed E-state index contributed by atoms with van der Waals surface area (Å²) in [6.07, 6.45) is 0. The maximum Gasteiger partial charge on any atom is 0.166 e. The van der Waals surface area contributed by atoms with E-state index in [0.717, 1.165) is 0 Å². The van der Waals surface area contributed by atoms with Gasteiger partial charge in [0.2, 0.25) is 0 Å². The molecule has 1 heterocycles. The molecular weight excluding hydrogens is 246 g/mol. The van der Waals surface area contributed by atoms with Crippen LogP contribution in [0, 0.1) is 0 Å². The van der Waals surface area contributed by atoms with Crippen molar-refractivity contribution in [3.05, 3.63) is 71.8 Å². The first kappa shape index (κ1) is 13.1. The van der Waals surface area contributed by atoms with Gasteiger partial charge in [-0.3, -0.25) is 9.69 Å². The van der Waals surface area contributed by atoms with Crippen molar-refractivity contribution in [1.29, 1.82) is 0 Å². The SMILES string of the molecule is CC1(C)C(=O)CN1C(c1ccccc1)c1ccccc1. The summed E-state index contributed by atoms with van der Waals surface area (Å²) in [7, 11) is 0. The molecule has 1 aliphatic rings. The standard InChI is InChI=1S/C18H19NO/c1-18(2)16(20)13-19(18)17(14-9-5-3-6-10-14)15-11-7-4-8-12-15/h3-12,17H,13H2,1-2H3. The number of hydrogen-bond donors (Lipinski definition) is 0. The third-order valence-electron chi connectivity index (χ3n) is 4.26. The molecule has 2 heteroatoms. The molecule has 20 heavy (non-hydrogen) atoms. The van der Waals surface area contributed by atoms with Crippen LogP contribution in [0.2, 0.25) is 0 Å². The molecule has 1 saturated heterocycles. The van der Waals surface area contributed by atoms with Crippen LogP contribution < -0.4 is 0 Å². The van der Waals surface area contributed by atoms with Crippen LogP contribution in [-0.4, -0.2) is 22.8 Å². The first-order valence-electron chi connectivity index (χ1n) is 7.00. The third-order valence-corrected chi connectivity index (χ3v) is 4.26. The average Bonchev–Trinajstić information content (AvgIpc) is 2.49. The summed E-state index contributed by atoms with van der Waals surface area (Å²) in [4.78, 5) is 14.2. The van der Waals surface area contributed by atoms with Gasteiger partial charge in [0.25, 0.3) is 0 Å². The summed E-state index contributed by atoms with van der Waals surface area (Å²) in [5.41, 5.74) is 2.09. The molecule has 0 bridgehead atoms. The predicted octanol–water partition coefficient (Wildman–Crippen LogP) is 3.44. The van der Waals surface area contributed by atoms with Crippen LogP contribution in [0.3, 0.4) is 0 Å². The second kappa shape index (κ2) is 4.88. The Balaban J connectivity index is 2.04. The third kappa shape index (κ3) is 2.06. The Bertz CT molecular complexity index is 564. The number of carbonyl (C=O) groups is 1. The molecule has 0 unspecified atom stereocenters. The first-order valence-corrected chi connectivity index (χ1v) is 7.00. The van der Waals surface area contributed by atoms with Crippen LogP contribution in [0.4, 0.5) is 0 Å². The van der Waals surface area contributed by atoms with Gasteiger partial charge in [0.05, 0.1) is 18.1 Å². The van der Waals surface area contributed by atoms with E-state index in [1.54, 1.807) is 0 Å². The van der Waals surface area contributed by atoms with E-state index >= 15 is 0 Å². The molecule has 0 saturated carbocycles. The number of nitrogens with zero attached hydrogens (tertiary/aromatic N) is 1. The fourth-order valence-corrected chi connectivity index (χ4v) is 2.85. The van der Waals surface area contributed by atoms with Gasteiger partial charge in [-0.05, 0) is 25.0 Å². The van der Waals surface area contributed by atoms with E-state index in [0.29, 0.717) is 12.3 Å². The van der Waals surface area contributed by atoms with E-state index in [1.807, 2.05) is 26.0 Å². The number of Topliss-reactive ketones (excluding diaryl/α,β-unsaturated/α-hetero) is 1. The Morgan fingerprint density at radius 2 is 1.35 bits per heavy atom. The summed E-state index contributed by atoms with van der Waals surface area (Å²) in [5, 5.41) is 0. The summed E-state index contributed by atoms with van der Waals surface area (Å²) >= 11 is 0. The van der Waals surface area contributed by atoms with Gasteiger partial charge in [-0.25, -0.2) is 0 Å². The number of carbonyl (C=O) groups excluding carboxylic acids is 1. The lowest BCUT2D eigenvalue weighted by Gasteiger charge is -2.51. The minimum Gasteiger partial charge on any atom is -0.296 e. The summed E-state index contributed by atoms with van der Waals surface area (Å²) in [6, 6.07) is 21.0. The predicted molar refractivity (Wildman–Crippen MR) is 80.5 cm³/mol. The van der Waals surface area contributed by atoms with Gasteiger partial charge in [0.15, 0.2) is 5.78 Å². The molecule has 2 aromatic rings. The Labute approximate surface area is 120 Å². The molecule has 0 aliphatic carbocycles. The van der Waals surface area contributed by atoms with Crippen LogP contribution in [0.15, 0.2) is 60.7 Å². The zero-order valence-corrected chi connectivity index (χ0v) is 11.9. The van der Waals surface area contributed by atoms with Crippen molar-refractivity contribution in [3.8, 4) is 0 Å². The highest BCUT2D eigenvalue weighted by molar-refractivity contribution is 5.95. The molecule has 0 spiro atoms. The first-order chi connectivity index (χ1) is 9.60. The van der Waals surface area contributed by atoms with Gasteiger partial charge in [0.1, 0.15) is 0 Å². The second-order valence-electron chi connectivity index (χ2n) is 5.83. The number of likely N-dealkylation sites (tertiary alicyclic amines) is 1. The summed E-state index contributed by atoms with van der Waals surface area (Å²) in [6.45, 7) is 4.55. The molecule has 0 aromatic heterocycles. The smallest absolute Gasteiger partial charge is 0.166 e. The van der Waals surface area contributed by atoms with Crippen molar-refractivity contribution in [2.24, 2.45) is 0 Å². The van der Waals surface area contributed by atoms with Crippen LogP contribution in [0.25, 0.3) is 0 Å². The lowest BCUT2D eigenvalue weighted by atomic mass is 9.82. The van der Waals surface area contributed by atoms with Gasteiger partial charge in [-0.15, -0.1) is 0 Å². The lowest BCUT2D eigenvalue weighted by molar-refractivity contribution is -0.147. The van der Waals surface area contributed by atoms with Gasteiger partial charge in [0, 0.05) is 0 Å². The number of ketones is 1. The normalized spacial score (nSPS) is 18.1. The van der Waals surface area contributed by atoms with Crippen molar-refractivity contribution in [3.63, 3.8) is 0 Å². The van der Waals surface area contributed by atoms with Gasteiger partial charge >= 0.3 is 0 Å². The fraction of sp³-hybridized carbons (Fsp3) is 0.278. The Morgan fingerprint density at radius 1 is 0.900 bits per heavy atom. The van der Waals surface area contributed by atoms with Crippen molar-refractivity contribution in [2.45, 2.75) is 25.4 Å². The van der Waals surface area contributed by atoms with E-state index in [4.69, 9.17) is 0 Å². The molecule has 2 nitrogen and oxygen atoms in total. The summed E-state index contributed by atoms with van der Waals surface area (Å²) < 4.78 is 0. The zero-order valence-electron chi connectivity index (χ0n) is 11.9. The topological polar surface area (TPSA) is 20.3 Å². The highest BCUT2D eigenvalue weighted by atomic mass is 16.1. The van der Waals surface area contributed by atoms with Crippen LogP contribution >= 0.6 is 0 Å². The quantitative estimate of drug-likeness (QED) is 0.847. The number of rotatable bonds is 3. The lowest BCUT2D eigenvalue weighted by Crippen LogP contribution is -2.65. The second-order valence-corrected chi connectivity index (χ2v) is 5.83. The largest absolute Gasteiger partial charge is 0.296 e. The maximum atomic E-state index is 11.9. The summed E-state index contributed by atoms with van der Waals surface area (Å²) in [5.74, 6) is 0.314. The van der Waals surface area contributed by atoms with Crippen molar-refractivity contribution in [2.75, 3.05) is 6.54 Å². The molecule has 0 N–H and O–H groups in total. The Morgan fingerprint density at radius 3 is 1.70 bits per heavy atom. The maximum absolute atomic E-state index is 11.9. The minimum absolute atomic E-state index is 0.144. The number of benzene rings is 2. The molecule has 0 amide bonds. The monoisotopic (exact) mass is 265 g/mol. The van der Waals surface area contributed by atoms with Gasteiger partial charge in [-0.1, -0.05) is 60.7 Å². The molecule has 0 atom stereocenters. The van der Waals surface area contributed by atoms with Crippen LogP contribution in [0.1, 0.15) is 31.0 Å². The van der Waals surface area contributed by atoms with Crippen molar-refractivity contribution < 1.29 is 4.79 Å². The van der Waals surface area contributed by atoms with E-state index in [2.05, 4.69) is 53.4 Å². The van der Waals surface area contributed by atoms with Crippen molar-refractivity contribution in [1.82, 2.24) is 4.90 Å². The Kier molecular flexibility index (Phi) is 3.19. The molecule has 102 valence electrons. The van der Waals surface area contributed by atoms with Crippen molar-refractivity contribution >= 4 is 5.78 Å². The van der Waals surface area contributed by atoms with E-state index in [9.17, 15) is 4.79 Å². The molecule has 3 rings (SSSR count). The fourth-order valence-electron chi connectivity index (χ4n) is 2.85. The average molecular weight is 265 g/mol. The zero-order chi connectivity index (χ0) is 14.2. The molecule has 1 aliphatic heterocycles. The highest BCUT2D eigenvalue weighted by Crippen LogP contribution is 2.39. The molecule has 0 radical (unpaired) electrons. The van der Waals surface area contributed by atoms with E-state index < -0.39 is 0 Å². The minimum atomic E-state index is -0.379. The van der Waals surface area contributed by atoms with Gasteiger partial charge in [-0.2, -0.15) is 0 Å². The van der Waals surface area contributed by atoms with Crippen LogP contribution in [0.5, 0.6) is 0 Å². The van der Waals surface area contributed by atoms with Gasteiger partial charge < -0.3 is 0 Å². The molecular formula is C18H19NO. The molecule has 1 fully saturated rings. The van der Waals surface area contributed by atoms with Crippen LogP contribution in [-0.2, 0) is 4.79 Å². The van der Waals surface area contributed by atoms with E-state index in [-0.39, 0.29) is 11.6 Å². The van der Waals surface area contributed by atoms with E-state index in [1.165, 1.54) is 11.1 Å². The number of hydrogen-bond acceptors (Lipinski definition) is 2. The highest BCUT2D eigenvalue weighted by Gasteiger charge is 2.48.